The summed E-state index contributed by atoms with van der Waals surface area (Å²) in [6, 6.07) is 7.72. The third kappa shape index (κ3) is 3.56. The molecule has 0 spiro atoms. The van der Waals surface area contributed by atoms with Gasteiger partial charge >= 0.3 is 0 Å². The van der Waals surface area contributed by atoms with Crippen molar-refractivity contribution in [2.45, 2.75) is 32.9 Å². The molecule has 118 valence electrons. The lowest BCUT2D eigenvalue weighted by atomic mass is 10.1. The van der Waals surface area contributed by atoms with Gasteiger partial charge in [-0.3, -0.25) is 4.90 Å². The molecule has 3 rings (SSSR count). The summed E-state index contributed by atoms with van der Waals surface area (Å²) < 4.78 is 12.9. The Hall–Kier alpha value is -1.66. The summed E-state index contributed by atoms with van der Waals surface area (Å²) in [6.45, 7) is 5.54. The number of nitrogens with zero attached hydrogens (tertiary/aromatic N) is 3. The van der Waals surface area contributed by atoms with Crippen molar-refractivity contribution in [3.63, 3.8) is 0 Å². The van der Waals surface area contributed by atoms with Gasteiger partial charge in [-0.25, -0.2) is 4.68 Å². The molecule has 0 atom stereocenters. The maximum Gasteiger partial charge on any atom is 0.288 e. The second-order valence-electron chi connectivity index (χ2n) is 5.45. The highest BCUT2D eigenvalue weighted by Gasteiger charge is 2.14. The van der Waals surface area contributed by atoms with Crippen molar-refractivity contribution >= 4 is 12.2 Å². The molecule has 2 heterocycles. The van der Waals surface area contributed by atoms with Crippen molar-refractivity contribution in [2.75, 3.05) is 19.7 Å². The quantitative estimate of drug-likeness (QED) is 0.786. The second-order valence-corrected chi connectivity index (χ2v) is 5.80. The molecule has 1 aromatic carbocycles. The number of hydrogen-bond donors (Lipinski definition) is 0. The maximum absolute atomic E-state index is 5.64. The summed E-state index contributed by atoms with van der Waals surface area (Å²) in [5.41, 5.74) is 0.909. The fourth-order valence-electron chi connectivity index (χ4n) is 2.66. The number of ether oxygens (including phenoxy) is 1. The summed E-state index contributed by atoms with van der Waals surface area (Å²) in [7, 11) is 0. The van der Waals surface area contributed by atoms with Crippen LogP contribution in [0.3, 0.4) is 0 Å². The summed E-state index contributed by atoms with van der Waals surface area (Å²) >= 11 is 5.29. The van der Waals surface area contributed by atoms with Crippen molar-refractivity contribution in [1.29, 1.82) is 0 Å². The SMILES string of the molecule is CCOc1ccc(-c2nn(CN3CCCCC3)c(=S)o2)cc1. The van der Waals surface area contributed by atoms with Gasteiger partial charge in [0.15, 0.2) is 0 Å². The topological polar surface area (TPSA) is 43.4 Å². The zero-order valence-corrected chi connectivity index (χ0v) is 13.6. The van der Waals surface area contributed by atoms with Crippen molar-refractivity contribution in [1.82, 2.24) is 14.7 Å². The predicted octanol–water partition coefficient (Wildman–Crippen LogP) is 3.71. The van der Waals surface area contributed by atoms with E-state index in [2.05, 4.69) is 10.00 Å². The molecule has 0 bridgehead atoms. The van der Waals surface area contributed by atoms with Gasteiger partial charge in [-0.05, 0) is 69.3 Å². The molecule has 0 radical (unpaired) electrons. The fraction of sp³-hybridized carbons (Fsp3) is 0.500. The van der Waals surface area contributed by atoms with E-state index in [4.69, 9.17) is 21.4 Å². The average Bonchev–Trinajstić information content (AvgIpc) is 2.90. The minimum Gasteiger partial charge on any atom is -0.494 e. The van der Waals surface area contributed by atoms with E-state index in [0.29, 0.717) is 24.0 Å². The van der Waals surface area contributed by atoms with Gasteiger partial charge in [-0.15, -0.1) is 5.10 Å². The van der Waals surface area contributed by atoms with Crippen LogP contribution in [0, 0.1) is 4.84 Å². The summed E-state index contributed by atoms with van der Waals surface area (Å²) in [5.74, 6) is 1.41. The van der Waals surface area contributed by atoms with Crippen LogP contribution < -0.4 is 4.74 Å². The van der Waals surface area contributed by atoms with Crippen LogP contribution >= 0.6 is 12.2 Å². The number of piperidine rings is 1. The Labute approximate surface area is 135 Å². The van der Waals surface area contributed by atoms with Gasteiger partial charge in [0.2, 0.25) is 5.89 Å². The lowest BCUT2D eigenvalue weighted by molar-refractivity contribution is 0.170. The number of rotatable bonds is 5. The van der Waals surface area contributed by atoms with Gasteiger partial charge in [0, 0.05) is 5.56 Å². The van der Waals surface area contributed by atoms with Gasteiger partial charge < -0.3 is 9.15 Å². The molecule has 1 aromatic heterocycles. The molecular weight excluding hydrogens is 298 g/mol. The Balaban J connectivity index is 1.74. The third-order valence-corrected chi connectivity index (χ3v) is 4.10. The highest BCUT2D eigenvalue weighted by atomic mass is 32.1. The van der Waals surface area contributed by atoms with E-state index in [1.54, 1.807) is 4.68 Å². The molecule has 1 aliphatic heterocycles. The predicted molar refractivity (Wildman–Crippen MR) is 87.4 cm³/mol. The van der Waals surface area contributed by atoms with Crippen molar-refractivity contribution in [3.8, 4) is 17.2 Å². The molecule has 1 fully saturated rings. The van der Waals surface area contributed by atoms with E-state index in [-0.39, 0.29) is 0 Å². The zero-order valence-electron chi connectivity index (χ0n) is 12.8. The lowest BCUT2D eigenvalue weighted by Crippen LogP contribution is -2.32. The van der Waals surface area contributed by atoms with E-state index in [1.807, 2.05) is 31.2 Å². The van der Waals surface area contributed by atoms with E-state index in [0.717, 1.165) is 24.4 Å². The zero-order chi connectivity index (χ0) is 15.4. The molecule has 1 aliphatic rings. The van der Waals surface area contributed by atoms with Gasteiger partial charge in [0.1, 0.15) is 5.75 Å². The van der Waals surface area contributed by atoms with Crippen LogP contribution in [-0.4, -0.2) is 34.4 Å². The van der Waals surface area contributed by atoms with Crippen LogP contribution in [0.4, 0.5) is 0 Å². The Bertz CT molecular complexity index is 657. The van der Waals surface area contributed by atoms with Gasteiger partial charge in [0.05, 0.1) is 13.3 Å². The van der Waals surface area contributed by atoms with E-state index in [9.17, 15) is 0 Å². The van der Waals surface area contributed by atoms with E-state index < -0.39 is 0 Å². The molecule has 1 saturated heterocycles. The second kappa shape index (κ2) is 7.07. The number of benzene rings is 1. The fourth-order valence-corrected chi connectivity index (χ4v) is 2.84. The number of hydrogen-bond acceptors (Lipinski definition) is 5. The Kier molecular flexibility index (Phi) is 4.90. The minimum absolute atomic E-state index is 0.425. The average molecular weight is 319 g/mol. The smallest absolute Gasteiger partial charge is 0.288 e. The van der Waals surface area contributed by atoms with E-state index in [1.165, 1.54) is 19.3 Å². The van der Waals surface area contributed by atoms with Gasteiger partial charge in [-0.2, -0.15) is 0 Å². The maximum atomic E-state index is 5.64. The Morgan fingerprint density at radius 3 is 2.59 bits per heavy atom. The minimum atomic E-state index is 0.425. The highest BCUT2D eigenvalue weighted by molar-refractivity contribution is 7.71. The summed E-state index contributed by atoms with van der Waals surface area (Å²) in [6.07, 6.45) is 3.81. The monoisotopic (exact) mass is 319 g/mol. The van der Waals surface area contributed by atoms with Crippen molar-refractivity contribution in [3.05, 3.63) is 29.1 Å². The summed E-state index contributed by atoms with van der Waals surface area (Å²) in [4.78, 5) is 2.79. The first kappa shape index (κ1) is 15.2. The summed E-state index contributed by atoms with van der Waals surface area (Å²) in [5, 5.41) is 4.51. The van der Waals surface area contributed by atoms with Crippen LogP contribution in [0.15, 0.2) is 28.7 Å². The molecule has 0 amide bonds. The third-order valence-electron chi connectivity index (χ3n) is 3.80. The first-order chi connectivity index (χ1) is 10.8. The molecular formula is C16H21N3O2S. The molecule has 0 unspecified atom stereocenters. The van der Waals surface area contributed by atoms with Crippen LogP contribution in [0.1, 0.15) is 26.2 Å². The van der Waals surface area contributed by atoms with Crippen LogP contribution in [-0.2, 0) is 6.67 Å². The van der Waals surface area contributed by atoms with E-state index >= 15 is 0 Å². The highest BCUT2D eigenvalue weighted by Crippen LogP contribution is 2.21. The standard InChI is InChI=1S/C16H21N3O2S/c1-2-20-14-8-6-13(7-9-14)15-17-19(16(22)21-15)12-18-10-4-3-5-11-18/h6-9H,2-5,10-12H2,1H3. The Morgan fingerprint density at radius 2 is 1.91 bits per heavy atom. The van der Waals surface area contributed by atoms with Gasteiger partial charge in [0.25, 0.3) is 4.84 Å². The lowest BCUT2D eigenvalue weighted by Gasteiger charge is -2.25. The largest absolute Gasteiger partial charge is 0.494 e. The molecule has 6 heteroatoms. The molecule has 2 aromatic rings. The molecule has 0 saturated carbocycles. The molecule has 22 heavy (non-hydrogen) atoms. The number of aromatic nitrogens is 2. The number of likely N-dealkylation sites (tertiary alicyclic amines) is 1. The van der Waals surface area contributed by atoms with Crippen LogP contribution in [0.2, 0.25) is 0 Å². The van der Waals surface area contributed by atoms with Crippen molar-refractivity contribution < 1.29 is 9.15 Å². The Morgan fingerprint density at radius 1 is 1.18 bits per heavy atom. The normalized spacial score (nSPS) is 15.9. The van der Waals surface area contributed by atoms with Crippen LogP contribution in [0.25, 0.3) is 11.5 Å². The molecule has 0 aliphatic carbocycles. The van der Waals surface area contributed by atoms with Crippen LogP contribution in [0.5, 0.6) is 5.75 Å². The van der Waals surface area contributed by atoms with Gasteiger partial charge in [-0.1, -0.05) is 6.42 Å². The molecule has 5 nitrogen and oxygen atoms in total. The molecule has 0 N–H and O–H groups in total. The first-order valence-corrected chi connectivity index (χ1v) is 8.20. The van der Waals surface area contributed by atoms with Crippen molar-refractivity contribution in [2.24, 2.45) is 0 Å². The first-order valence-electron chi connectivity index (χ1n) is 7.80.